The highest BCUT2D eigenvalue weighted by Crippen LogP contribution is 2.40. The first-order chi connectivity index (χ1) is 17.3. The van der Waals surface area contributed by atoms with Crippen LogP contribution in [0, 0.1) is 0 Å². The molecular formula is C32H25N3. The third-order valence-electron chi connectivity index (χ3n) is 6.60. The Bertz CT molecular complexity index is 1590. The number of aryl methyl sites for hydroxylation is 1. The van der Waals surface area contributed by atoms with Crippen LogP contribution in [0.2, 0.25) is 0 Å². The number of aromatic nitrogens is 1. The Kier molecular flexibility index (Phi) is 5.44. The molecule has 3 heteroatoms. The predicted molar refractivity (Wildman–Crippen MR) is 147 cm³/mol. The van der Waals surface area contributed by atoms with Crippen LogP contribution in [0.3, 0.4) is 0 Å². The fourth-order valence-electron chi connectivity index (χ4n) is 4.93. The van der Waals surface area contributed by atoms with Crippen molar-refractivity contribution in [1.29, 1.82) is 0 Å². The standard InChI is InChI=1S/C32H25N3/c1-35-30-20-12-11-19-27(30)31(32(35)25-17-9-4-10-18-25)26-21-28(23-13-5-2-6-14-23)33-34-29(22-26)24-15-7-3-8-16-24/h2-21H,22H2,1H3. The van der Waals surface area contributed by atoms with Gasteiger partial charge in [0.05, 0.1) is 17.1 Å². The molecule has 2 heterocycles. The molecule has 0 spiro atoms. The van der Waals surface area contributed by atoms with Crippen LogP contribution in [0.25, 0.3) is 27.7 Å². The van der Waals surface area contributed by atoms with E-state index in [4.69, 9.17) is 10.2 Å². The molecular weight excluding hydrogens is 426 g/mol. The quantitative estimate of drug-likeness (QED) is 0.270. The molecule has 0 saturated carbocycles. The van der Waals surface area contributed by atoms with Gasteiger partial charge in [0.2, 0.25) is 0 Å². The highest BCUT2D eigenvalue weighted by Gasteiger charge is 2.23. The first kappa shape index (κ1) is 21.1. The van der Waals surface area contributed by atoms with Gasteiger partial charge >= 0.3 is 0 Å². The summed E-state index contributed by atoms with van der Waals surface area (Å²) < 4.78 is 2.31. The fraction of sp³-hybridized carbons (Fsp3) is 0.0625. The van der Waals surface area contributed by atoms with Crippen molar-refractivity contribution in [3.05, 3.63) is 138 Å². The van der Waals surface area contributed by atoms with Crippen molar-refractivity contribution in [2.75, 3.05) is 0 Å². The van der Waals surface area contributed by atoms with Crippen LogP contribution in [-0.4, -0.2) is 16.0 Å². The summed E-state index contributed by atoms with van der Waals surface area (Å²) in [7, 11) is 2.16. The van der Waals surface area contributed by atoms with E-state index in [1.54, 1.807) is 0 Å². The van der Waals surface area contributed by atoms with Gasteiger partial charge in [0, 0.05) is 35.5 Å². The lowest BCUT2D eigenvalue weighted by molar-refractivity contribution is 0.976. The van der Waals surface area contributed by atoms with Crippen molar-refractivity contribution < 1.29 is 0 Å². The molecule has 3 nitrogen and oxygen atoms in total. The number of hydrogen-bond donors (Lipinski definition) is 0. The minimum absolute atomic E-state index is 0.692. The van der Waals surface area contributed by atoms with E-state index in [1.165, 1.54) is 33.3 Å². The largest absolute Gasteiger partial charge is 0.343 e. The average molecular weight is 452 g/mol. The summed E-state index contributed by atoms with van der Waals surface area (Å²) >= 11 is 0. The third kappa shape index (κ3) is 3.91. The second-order valence-electron chi connectivity index (χ2n) is 8.78. The number of rotatable bonds is 4. The topological polar surface area (TPSA) is 29.6 Å². The molecule has 0 fully saturated rings. The molecule has 0 N–H and O–H groups in total. The maximum atomic E-state index is 4.76. The van der Waals surface area contributed by atoms with E-state index in [2.05, 4.69) is 109 Å². The van der Waals surface area contributed by atoms with E-state index in [1.807, 2.05) is 24.3 Å². The van der Waals surface area contributed by atoms with E-state index < -0.39 is 0 Å². The summed E-state index contributed by atoms with van der Waals surface area (Å²) in [4.78, 5) is 0. The van der Waals surface area contributed by atoms with Gasteiger partial charge in [-0.05, 0) is 28.8 Å². The molecule has 168 valence electrons. The van der Waals surface area contributed by atoms with Crippen molar-refractivity contribution in [3.8, 4) is 11.3 Å². The number of benzene rings is 4. The molecule has 0 saturated heterocycles. The van der Waals surface area contributed by atoms with Gasteiger partial charge in [0.25, 0.3) is 0 Å². The van der Waals surface area contributed by atoms with E-state index >= 15 is 0 Å². The predicted octanol–water partition coefficient (Wildman–Crippen LogP) is 7.53. The minimum atomic E-state index is 0.692. The Hall–Kier alpha value is -4.50. The Labute approximate surface area is 205 Å². The highest BCUT2D eigenvalue weighted by atomic mass is 15.2. The first-order valence-electron chi connectivity index (χ1n) is 11.9. The molecule has 1 aromatic heterocycles. The van der Waals surface area contributed by atoms with Crippen LogP contribution in [-0.2, 0) is 7.05 Å². The molecule has 0 atom stereocenters. The van der Waals surface area contributed by atoms with Crippen LogP contribution >= 0.6 is 0 Å². The minimum Gasteiger partial charge on any atom is -0.343 e. The lowest BCUT2D eigenvalue weighted by Crippen LogP contribution is -2.03. The van der Waals surface area contributed by atoms with Crippen LogP contribution in [0.15, 0.2) is 132 Å². The van der Waals surface area contributed by atoms with Gasteiger partial charge in [-0.25, -0.2) is 0 Å². The second-order valence-corrected chi connectivity index (χ2v) is 8.78. The highest BCUT2D eigenvalue weighted by molar-refractivity contribution is 6.19. The molecule has 35 heavy (non-hydrogen) atoms. The number of nitrogens with zero attached hydrogens (tertiary/aromatic N) is 3. The van der Waals surface area contributed by atoms with Gasteiger partial charge in [0.1, 0.15) is 0 Å². The van der Waals surface area contributed by atoms with Gasteiger partial charge in [-0.15, -0.1) is 0 Å². The molecule has 0 amide bonds. The summed E-state index contributed by atoms with van der Waals surface area (Å²) in [6.07, 6.45) is 2.92. The lowest BCUT2D eigenvalue weighted by Gasteiger charge is -2.13. The maximum Gasteiger partial charge on any atom is 0.0932 e. The Balaban J connectivity index is 1.62. The van der Waals surface area contributed by atoms with Crippen molar-refractivity contribution in [2.24, 2.45) is 17.3 Å². The zero-order chi connectivity index (χ0) is 23.6. The Morgan fingerprint density at radius 3 is 1.86 bits per heavy atom. The van der Waals surface area contributed by atoms with Gasteiger partial charge in [-0.1, -0.05) is 109 Å². The Morgan fingerprint density at radius 2 is 1.17 bits per heavy atom. The SMILES string of the molecule is Cn1c(-c2ccccc2)c(C2=CC(c3ccccc3)=NN=C(c3ccccc3)C2)c2ccccc21. The molecule has 5 aromatic rings. The van der Waals surface area contributed by atoms with Crippen molar-refractivity contribution in [2.45, 2.75) is 6.42 Å². The van der Waals surface area contributed by atoms with E-state index in [-0.39, 0.29) is 0 Å². The molecule has 1 aliphatic rings. The van der Waals surface area contributed by atoms with Crippen LogP contribution in [0.1, 0.15) is 23.1 Å². The summed E-state index contributed by atoms with van der Waals surface area (Å²) in [5.74, 6) is 0. The first-order valence-corrected chi connectivity index (χ1v) is 11.9. The van der Waals surface area contributed by atoms with E-state index in [0.29, 0.717) is 6.42 Å². The number of para-hydroxylation sites is 1. The maximum absolute atomic E-state index is 4.76. The Morgan fingerprint density at radius 1 is 0.600 bits per heavy atom. The zero-order valence-electron chi connectivity index (χ0n) is 19.6. The van der Waals surface area contributed by atoms with Gasteiger partial charge in [-0.3, -0.25) is 0 Å². The van der Waals surface area contributed by atoms with Crippen LogP contribution in [0.5, 0.6) is 0 Å². The summed E-state index contributed by atoms with van der Waals surface area (Å²) in [5, 5.41) is 10.7. The average Bonchev–Trinajstić information content (AvgIpc) is 3.07. The van der Waals surface area contributed by atoms with Gasteiger partial charge < -0.3 is 4.57 Å². The van der Waals surface area contributed by atoms with Crippen molar-refractivity contribution in [1.82, 2.24) is 4.57 Å². The summed E-state index contributed by atoms with van der Waals surface area (Å²) in [5.41, 5.74) is 10.1. The number of allylic oxidation sites excluding steroid dienone is 2. The number of hydrogen-bond acceptors (Lipinski definition) is 2. The van der Waals surface area contributed by atoms with Gasteiger partial charge in [0.15, 0.2) is 0 Å². The van der Waals surface area contributed by atoms with Crippen LogP contribution < -0.4 is 0 Å². The molecule has 0 aliphatic carbocycles. The van der Waals surface area contributed by atoms with E-state index in [9.17, 15) is 0 Å². The van der Waals surface area contributed by atoms with Crippen molar-refractivity contribution >= 4 is 27.9 Å². The van der Waals surface area contributed by atoms with Crippen molar-refractivity contribution in [3.63, 3.8) is 0 Å². The molecule has 4 aromatic carbocycles. The monoisotopic (exact) mass is 451 g/mol. The van der Waals surface area contributed by atoms with E-state index in [0.717, 1.165) is 22.6 Å². The lowest BCUT2D eigenvalue weighted by atomic mass is 9.91. The fourth-order valence-corrected chi connectivity index (χ4v) is 4.93. The summed E-state index contributed by atoms with van der Waals surface area (Å²) in [6.45, 7) is 0. The molecule has 1 aliphatic heterocycles. The second kappa shape index (κ2) is 9.03. The van der Waals surface area contributed by atoms with Crippen LogP contribution in [0.4, 0.5) is 0 Å². The molecule has 0 unspecified atom stereocenters. The molecule has 6 rings (SSSR count). The summed E-state index contributed by atoms with van der Waals surface area (Å²) in [6, 6.07) is 40.0. The number of fused-ring (bicyclic) bond motifs is 1. The smallest absolute Gasteiger partial charge is 0.0932 e. The third-order valence-corrected chi connectivity index (χ3v) is 6.60. The normalized spacial score (nSPS) is 13.7. The zero-order valence-corrected chi connectivity index (χ0v) is 19.6. The molecule has 0 radical (unpaired) electrons. The van der Waals surface area contributed by atoms with Gasteiger partial charge in [-0.2, -0.15) is 10.2 Å². The molecule has 0 bridgehead atoms.